The van der Waals surface area contributed by atoms with Crippen LogP contribution in [0.4, 0.5) is 0 Å². The van der Waals surface area contributed by atoms with Crippen molar-refractivity contribution in [3.8, 4) is 0 Å². The lowest BCUT2D eigenvalue weighted by Crippen LogP contribution is -2.39. The quantitative estimate of drug-likeness (QED) is 0.278. The molecule has 0 amide bonds. The summed E-state index contributed by atoms with van der Waals surface area (Å²) in [6.07, 6.45) is 2.34. The molecule has 0 unspecified atom stereocenters. The Hall–Kier alpha value is -0.0400. The highest BCUT2D eigenvalue weighted by Crippen LogP contribution is 1.96. The Kier molecular flexibility index (Phi) is 16.1. The van der Waals surface area contributed by atoms with Crippen molar-refractivity contribution in [3.63, 3.8) is 0 Å². The van der Waals surface area contributed by atoms with Crippen molar-refractivity contribution in [1.82, 2.24) is 15.5 Å². The Morgan fingerprint density at radius 3 is 2.16 bits per heavy atom. The summed E-state index contributed by atoms with van der Waals surface area (Å²) in [6.45, 7) is 14.3. The molecule has 4 nitrogen and oxygen atoms in total. The van der Waals surface area contributed by atoms with Crippen molar-refractivity contribution in [2.75, 3.05) is 39.8 Å². The molecule has 0 saturated heterocycles. The number of halogens is 1. The molecule has 19 heavy (non-hydrogen) atoms. The van der Waals surface area contributed by atoms with Crippen LogP contribution in [0, 0.1) is 5.92 Å². The minimum atomic E-state index is 0. The van der Waals surface area contributed by atoms with Crippen LogP contribution in [-0.2, 0) is 0 Å². The minimum Gasteiger partial charge on any atom is -0.356 e. The molecule has 0 radical (unpaired) electrons. The Morgan fingerprint density at radius 2 is 1.68 bits per heavy atom. The summed E-state index contributed by atoms with van der Waals surface area (Å²) in [5.41, 5.74) is 0. The van der Waals surface area contributed by atoms with E-state index in [1.54, 1.807) is 0 Å². The zero-order valence-corrected chi connectivity index (χ0v) is 15.7. The summed E-state index contributed by atoms with van der Waals surface area (Å²) < 4.78 is 0. The Bertz CT molecular complexity index is 215. The maximum absolute atomic E-state index is 4.22. The van der Waals surface area contributed by atoms with Gasteiger partial charge in [-0.15, -0.1) is 24.0 Å². The molecule has 0 rings (SSSR count). The molecule has 0 spiro atoms. The van der Waals surface area contributed by atoms with Gasteiger partial charge >= 0.3 is 0 Å². The van der Waals surface area contributed by atoms with E-state index in [2.05, 4.69) is 48.2 Å². The van der Waals surface area contributed by atoms with Crippen LogP contribution in [0.25, 0.3) is 0 Å². The van der Waals surface area contributed by atoms with Gasteiger partial charge in [-0.2, -0.15) is 0 Å². The minimum absolute atomic E-state index is 0. The van der Waals surface area contributed by atoms with Gasteiger partial charge in [-0.05, 0) is 38.4 Å². The van der Waals surface area contributed by atoms with Gasteiger partial charge in [-0.25, -0.2) is 0 Å². The van der Waals surface area contributed by atoms with E-state index in [9.17, 15) is 0 Å². The van der Waals surface area contributed by atoms with E-state index in [0.29, 0.717) is 0 Å². The fraction of sp³-hybridized carbons (Fsp3) is 0.929. The van der Waals surface area contributed by atoms with E-state index in [0.717, 1.165) is 51.0 Å². The molecule has 0 aromatic heterocycles. The number of guanidine groups is 1. The second kappa shape index (κ2) is 14.4. The number of nitrogens with zero attached hydrogens (tertiary/aromatic N) is 2. The smallest absolute Gasteiger partial charge is 0.190 e. The first-order valence-electron chi connectivity index (χ1n) is 7.30. The number of nitrogens with one attached hydrogen (secondary N) is 2. The largest absolute Gasteiger partial charge is 0.356 e. The fourth-order valence-electron chi connectivity index (χ4n) is 1.75. The van der Waals surface area contributed by atoms with Gasteiger partial charge in [0.25, 0.3) is 0 Å². The number of hydrogen-bond acceptors (Lipinski definition) is 2. The number of aliphatic imine (C=N–C) groups is 1. The topological polar surface area (TPSA) is 39.7 Å². The second-order valence-corrected chi connectivity index (χ2v) is 4.99. The van der Waals surface area contributed by atoms with Crippen LogP contribution in [0.1, 0.15) is 40.5 Å². The molecular weight excluding hydrogens is 351 g/mol. The van der Waals surface area contributed by atoms with Crippen molar-refractivity contribution in [2.45, 2.75) is 40.5 Å². The average molecular weight is 384 g/mol. The van der Waals surface area contributed by atoms with E-state index in [-0.39, 0.29) is 24.0 Å². The van der Waals surface area contributed by atoms with E-state index in [1.165, 1.54) is 6.42 Å². The molecule has 0 bridgehead atoms. The molecule has 116 valence electrons. The number of hydrogen-bond donors (Lipinski definition) is 2. The monoisotopic (exact) mass is 384 g/mol. The number of rotatable bonds is 9. The van der Waals surface area contributed by atoms with Gasteiger partial charge in [0.1, 0.15) is 0 Å². The van der Waals surface area contributed by atoms with Crippen molar-refractivity contribution < 1.29 is 0 Å². The van der Waals surface area contributed by atoms with Gasteiger partial charge in [0, 0.05) is 20.1 Å². The molecule has 5 heteroatoms. The first kappa shape index (κ1) is 21.3. The standard InChI is InChI=1S/C14H32N4.HI/c1-6-18(7-2)12-8-10-16-14(15-5)17-11-9-13(3)4;/h13H,6-12H2,1-5H3,(H2,15,16,17);1H. The molecule has 0 saturated carbocycles. The van der Waals surface area contributed by atoms with Crippen LogP contribution in [0.3, 0.4) is 0 Å². The maximum Gasteiger partial charge on any atom is 0.190 e. The van der Waals surface area contributed by atoms with Crippen LogP contribution < -0.4 is 10.6 Å². The second-order valence-electron chi connectivity index (χ2n) is 4.99. The molecule has 0 aliphatic carbocycles. The van der Waals surface area contributed by atoms with Gasteiger partial charge in [-0.3, -0.25) is 4.99 Å². The van der Waals surface area contributed by atoms with E-state index < -0.39 is 0 Å². The van der Waals surface area contributed by atoms with Crippen molar-refractivity contribution in [2.24, 2.45) is 10.9 Å². The maximum atomic E-state index is 4.22. The third-order valence-corrected chi connectivity index (χ3v) is 3.08. The third-order valence-electron chi connectivity index (χ3n) is 3.08. The third kappa shape index (κ3) is 12.7. The zero-order chi connectivity index (χ0) is 13.8. The average Bonchev–Trinajstić information content (AvgIpc) is 2.36. The summed E-state index contributed by atoms with van der Waals surface area (Å²) in [4.78, 5) is 6.66. The van der Waals surface area contributed by atoms with E-state index in [4.69, 9.17) is 0 Å². The molecule has 0 atom stereocenters. The lowest BCUT2D eigenvalue weighted by Gasteiger charge is -2.18. The molecule has 0 aliphatic rings. The predicted molar refractivity (Wildman–Crippen MR) is 96.6 cm³/mol. The molecule has 0 aromatic rings. The van der Waals surface area contributed by atoms with Gasteiger partial charge in [0.15, 0.2) is 5.96 Å². The van der Waals surface area contributed by atoms with Gasteiger partial charge in [0.05, 0.1) is 0 Å². The first-order chi connectivity index (χ1) is 8.63. The van der Waals surface area contributed by atoms with Crippen molar-refractivity contribution in [1.29, 1.82) is 0 Å². The van der Waals surface area contributed by atoms with Gasteiger partial charge in [0.2, 0.25) is 0 Å². The van der Waals surface area contributed by atoms with E-state index >= 15 is 0 Å². The van der Waals surface area contributed by atoms with Crippen molar-refractivity contribution >= 4 is 29.9 Å². The zero-order valence-electron chi connectivity index (χ0n) is 13.3. The summed E-state index contributed by atoms with van der Waals surface area (Å²) >= 11 is 0. The highest BCUT2D eigenvalue weighted by molar-refractivity contribution is 14.0. The highest BCUT2D eigenvalue weighted by Gasteiger charge is 2.00. The molecule has 2 N–H and O–H groups in total. The SMILES string of the molecule is CCN(CC)CCCNC(=NC)NCCC(C)C.I. The molecule has 0 aliphatic heterocycles. The summed E-state index contributed by atoms with van der Waals surface area (Å²) in [5, 5.41) is 6.70. The van der Waals surface area contributed by atoms with Gasteiger partial charge in [-0.1, -0.05) is 27.7 Å². The van der Waals surface area contributed by atoms with Crippen LogP contribution in [0.5, 0.6) is 0 Å². The lowest BCUT2D eigenvalue weighted by atomic mass is 10.1. The first-order valence-corrected chi connectivity index (χ1v) is 7.30. The highest BCUT2D eigenvalue weighted by atomic mass is 127. The predicted octanol–water partition coefficient (Wildman–Crippen LogP) is 2.55. The Morgan fingerprint density at radius 1 is 1.11 bits per heavy atom. The lowest BCUT2D eigenvalue weighted by molar-refractivity contribution is 0.300. The Labute approximate surface area is 136 Å². The fourth-order valence-corrected chi connectivity index (χ4v) is 1.75. The Balaban J connectivity index is 0. The summed E-state index contributed by atoms with van der Waals surface area (Å²) in [7, 11) is 1.83. The van der Waals surface area contributed by atoms with Crippen LogP contribution in [-0.4, -0.2) is 50.6 Å². The van der Waals surface area contributed by atoms with Gasteiger partial charge < -0.3 is 15.5 Å². The van der Waals surface area contributed by atoms with Crippen LogP contribution >= 0.6 is 24.0 Å². The van der Waals surface area contributed by atoms with E-state index in [1.807, 2.05) is 7.05 Å². The normalized spacial score (nSPS) is 11.6. The molecule has 0 fully saturated rings. The van der Waals surface area contributed by atoms with Crippen LogP contribution in [0.2, 0.25) is 0 Å². The van der Waals surface area contributed by atoms with Crippen molar-refractivity contribution in [3.05, 3.63) is 0 Å². The molecular formula is C14H33IN4. The molecule has 0 heterocycles. The summed E-state index contributed by atoms with van der Waals surface area (Å²) in [6, 6.07) is 0. The molecule has 0 aromatic carbocycles. The van der Waals surface area contributed by atoms with Crippen LogP contribution in [0.15, 0.2) is 4.99 Å². The summed E-state index contributed by atoms with van der Waals surface area (Å²) in [5.74, 6) is 1.66.